The molecule has 0 saturated carbocycles. The average Bonchev–Trinajstić information content (AvgIpc) is 3.38. The number of nitrogens with one attached hydrogen (secondary N) is 1. The number of sulfonamides is 1. The van der Waals surface area contributed by atoms with E-state index in [1.54, 1.807) is 27.8 Å². The first-order chi connectivity index (χ1) is 13.9. The Morgan fingerprint density at radius 3 is 2.55 bits per heavy atom. The summed E-state index contributed by atoms with van der Waals surface area (Å²) in [6.07, 6.45) is 1.88. The third-order valence-corrected chi connectivity index (χ3v) is 7.53. The van der Waals surface area contributed by atoms with Crippen LogP contribution in [0.1, 0.15) is 36.0 Å². The summed E-state index contributed by atoms with van der Waals surface area (Å²) in [5.41, 5.74) is 2.00. The van der Waals surface area contributed by atoms with Crippen molar-refractivity contribution < 1.29 is 8.42 Å². The summed E-state index contributed by atoms with van der Waals surface area (Å²) < 4.78 is 26.8. The maximum absolute atomic E-state index is 12.6. The van der Waals surface area contributed by atoms with Crippen LogP contribution in [0.25, 0.3) is 0 Å². The third kappa shape index (κ3) is 5.55. The van der Waals surface area contributed by atoms with E-state index in [0.29, 0.717) is 31.1 Å². The minimum atomic E-state index is -3.37. The minimum Gasteiger partial charge on any atom is -0.357 e. The molecule has 29 heavy (non-hydrogen) atoms. The fourth-order valence-electron chi connectivity index (χ4n) is 3.28. The summed E-state index contributed by atoms with van der Waals surface area (Å²) >= 11 is 1.64. The van der Waals surface area contributed by atoms with Gasteiger partial charge in [0.05, 0.1) is 28.7 Å². The Bertz CT molecular complexity index is 932. The van der Waals surface area contributed by atoms with Crippen molar-refractivity contribution in [3.05, 3.63) is 45.9 Å². The van der Waals surface area contributed by atoms with Gasteiger partial charge in [0.2, 0.25) is 10.0 Å². The van der Waals surface area contributed by atoms with Gasteiger partial charge in [-0.1, -0.05) is 12.1 Å². The summed E-state index contributed by atoms with van der Waals surface area (Å²) in [6.45, 7) is 7.20. The van der Waals surface area contributed by atoms with Gasteiger partial charge in [-0.05, 0) is 44.4 Å². The largest absolute Gasteiger partial charge is 0.357 e. The van der Waals surface area contributed by atoms with Gasteiger partial charge in [-0.2, -0.15) is 4.31 Å². The van der Waals surface area contributed by atoms with Crippen molar-refractivity contribution in [2.24, 2.45) is 4.99 Å². The number of thiazole rings is 1. The highest BCUT2D eigenvalue weighted by Crippen LogP contribution is 2.21. The van der Waals surface area contributed by atoms with Crippen LogP contribution in [0.2, 0.25) is 0 Å². The van der Waals surface area contributed by atoms with Crippen LogP contribution in [0, 0.1) is 6.92 Å². The second-order valence-electron chi connectivity index (χ2n) is 7.14. The molecule has 0 spiro atoms. The molecule has 2 heterocycles. The Hall–Kier alpha value is -1.97. The zero-order valence-electron chi connectivity index (χ0n) is 17.3. The van der Waals surface area contributed by atoms with Gasteiger partial charge in [-0.15, -0.1) is 11.3 Å². The summed E-state index contributed by atoms with van der Waals surface area (Å²) in [4.78, 5) is 11.6. The van der Waals surface area contributed by atoms with Crippen LogP contribution < -0.4 is 5.32 Å². The number of hydrogen-bond donors (Lipinski definition) is 1. The highest BCUT2D eigenvalue weighted by molar-refractivity contribution is 7.89. The van der Waals surface area contributed by atoms with Gasteiger partial charge < -0.3 is 10.2 Å². The Labute approximate surface area is 177 Å². The van der Waals surface area contributed by atoms with E-state index in [4.69, 9.17) is 4.99 Å². The molecule has 158 valence electrons. The van der Waals surface area contributed by atoms with E-state index < -0.39 is 10.0 Å². The number of hydrogen-bond acceptors (Lipinski definition) is 5. The van der Waals surface area contributed by atoms with E-state index in [9.17, 15) is 8.42 Å². The minimum absolute atomic E-state index is 0.357. The second-order valence-corrected chi connectivity index (χ2v) is 10.1. The average molecular weight is 436 g/mol. The molecule has 0 atom stereocenters. The quantitative estimate of drug-likeness (QED) is 0.534. The molecule has 1 aromatic carbocycles. The molecule has 3 rings (SSSR count). The van der Waals surface area contributed by atoms with Crippen molar-refractivity contribution in [3.63, 3.8) is 0 Å². The van der Waals surface area contributed by atoms with Crippen molar-refractivity contribution >= 4 is 27.3 Å². The van der Waals surface area contributed by atoms with Gasteiger partial charge in [-0.25, -0.2) is 18.4 Å². The smallest absolute Gasteiger partial charge is 0.243 e. The van der Waals surface area contributed by atoms with Crippen molar-refractivity contribution in [2.45, 2.75) is 44.7 Å². The van der Waals surface area contributed by atoms with E-state index in [0.717, 1.165) is 41.6 Å². The molecule has 0 bridgehead atoms. The van der Waals surface area contributed by atoms with E-state index in [1.807, 2.05) is 37.9 Å². The number of guanidine groups is 1. The lowest BCUT2D eigenvalue weighted by atomic mass is 10.2. The Balaban J connectivity index is 1.67. The summed E-state index contributed by atoms with van der Waals surface area (Å²) in [5.74, 6) is 0.798. The predicted molar refractivity (Wildman–Crippen MR) is 118 cm³/mol. The van der Waals surface area contributed by atoms with Crippen molar-refractivity contribution in [2.75, 3.05) is 26.7 Å². The number of benzene rings is 1. The molecule has 0 aliphatic carbocycles. The van der Waals surface area contributed by atoms with Gasteiger partial charge in [0.1, 0.15) is 0 Å². The van der Waals surface area contributed by atoms with E-state index in [2.05, 4.69) is 15.7 Å². The number of aryl methyl sites for hydroxylation is 1. The molecule has 1 N–H and O–H groups in total. The first-order valence-electron chi connectivity index (χ1n) is 9.89. The summed E-state index contributed by atoms with van der Waals surface area (Å²) in [5, 5.41) is 6.42. The normalized spacial score (nSPS) is 15.6. The molecule has 1 aliphatic rings. The van der Waals surface area contributed by atoms with Gasteiger partial charge in [-0.3, -0.25) is 0 Å². The molecule has 0 unspecified atom stereocenters. The second kappa shape index (κ2) is 9.69. The lowest BCUT2D eigenvalue weighted by Gasteiger charge is -2.21. The Kier molecular flexibility index (Phi) is 7.26. The molecule has 2 aromatic rings. The highest BCUT2D eigenvalue weighted by Gasteiger charge is 2.26. The highest BCUT2D eigenvalue weighted by atomic mass is 32.2. The summed E-state index contributed by atoms with van der Waals surface area (Å²) in [6, 6.07) is 7.07. The number of aliphatic imine (C=N–C) groups is 1. The molecule has 0 amide bonds. The van der Waals surface area contributed by atoms with Crippen LogP contribution in [-0.4, -0.2) is 55.2 Å². The SMILES string of the molecule is CCNC(=NCc1ccc(S(=O)(=O)N2CCCC2)cc1)N(C)Cc1csc(C)n1. The maximum Gasteiger partial charge on any atom is 0.243 e. The summed E-state index contributed by atoms with van der Waals surface area (Å²) in [7, 11) is -1.38. The standard InChI is InChI=1S/C20H29N5O2S2/c1-4-21-20(24(3)14-18-15-28-16(2)23-18)22-13-17-7-9-19(10-8-17)29(26,27)25-11-5-6-12-25/h7-10,15H,4-6,11-14H2,1-3H3,(H,21,22). The van der Waals surface area contributed by atoms with Crippen molar-refractivity contribution in [1.82, 2.24) is 19.5 Å². The number of rotatable bonds is 7. The monoisotopic (exact) mass is 435 g/mol. The zero-order valence-corrected chi connectivity index (χ0v) is 18.9. The molecule has 9 heteroatoms. The first kappa shape index (κ1) is 21.7. The van der Waals surface area contributed by atoms with Crippen LogP contribution in [0.15, 0.2) is 39.5 Å². The zero-order chi connectivity index (χ0) is 20.9. The Morgan fingerprint density at radius 2 is 1.97 bits per heavy atom. The lowest BCUT2D eigenvalue weighted by Crippen LogP contribution is -2.38. The van der Waals surface area contributed by atoms with E-state index >= 15 is 0 Å². The van der Waals surface area contributed by atoms with Crippen molar-refractivity contribution in [1.29, 1.82) is 0 Å². The van der Waals surface area contributed by atoms with Crippen LogP contribution in [0.5, 0.6) is 0 Å². The predicted octanol–water partition coefficient (Wildman–Crippen LogP) is 2.83. The van der Waals surface area contributed by atoms with Gasteiger partial charge in [0, 0.05) is 32.1 Å². The Morgan fingerprint density at radius 1 is 1.28 bits per heavy atom. The molecule has 1 aliphatic heterocycles. The topological polar surface area (TPSA) is 77.9 Å². The van der Waals surface area contributed by atoms with Crippen LogP contribution >= 0.6 is 11.3 Å². The maximum atomic E-state index is 12.6. The van der Waals surface area contributed by atoms with Gasteiger partial charge in [0.25, 0.3) is 0 Å². The van der Waals surface area contributed by atoms with Crippen LogP contribution in [-0.2, 0) is 23.1 Å². The number of aromatic nitrogens is 1. The molecular weight excluding hydrogens is 406 g/mol. The number of nitrogens with zero attached hydrogens (tertiary/aromatic N) is 4. The molecule has 1 fully saturated rings. The molecule has 7 nitrogen and oxygen atoms in total. The fourth-order valence-corrected chi connectivity index (χ4v) is 5.40. The first-order valence-corrected chi connectivity index (χ1v) is 12.2. The van der Waals surface area contributed by atoms with Crippen LogP contribution in [0.4, 0.5) is 0 Å². The lowest BCUT2D eigenvalue weighted by molar-refractivity contribution is 0.470. The van der Waals surface area contributed by atoms with Gasteiger partial charge >= 0.3 is 0 Å². The molecule has 1 aromatic heterocycles. The van der Waals surface area contributed by atoms with E-state index in [-0.39, 0.29) is 0 Å². The van der Waals surface area contributed by atoms with Crippen molar-refractivity contribution in [3.8, 4) is 0 Å². The van der Waals surface area contributed by atoms with E-state index in [1.165, 1.54) is 0 Å². The van der Waals surface area contributed by atoms with Gasteiger partial charge in [0.15, 0.2) is 5.96 Å². The third-order valence-electron chi connectivity index (χ3n) is 4.80. The molecule has 1 saturated heterocycles. The molecular formula is C20H29N5O2S2. The fraction of sp³-hybridized carbons (Fsp3) is 0.500. The molecule has 0 radical (unpaired) electrons. The van der Waals surface area contributed by atoms with Crippen LogP contribution in [0.3, 0.4) is 0 Å².